The van der Waals surface area contributed by atoms with Crippen LogP contribution in [0.3, 0.4) is 0 Å². The molecule has 2 aliphatic rings. The van der Waals surface area contributed by atoms with Gasteiger partial charge in [0, 0.05) is 19.2 Å². The molecule has 0 aromatic carbocycles. The maximum absolute atomic E-state index is 5.59. The van der Waals surface area contributed by atoms with Crippen molar-refractivity contribution in [3.63, 3.8) is 0 Å². The highest BCUT2D eigenvalue weighted by Gasteiger charge is 2.22. The molecule has 0 aromatic heterocycles. The van der Waals surface area contributed by atoms with Crippen LogP contribution in [0.4, 0.5) is 0 Å². The molecule has 1 unspecified atom stereocenters. The van der Waals surface area contributed by atoms with Crippen LogP contribution in [0.5, 0.6) is 0 Å². The molecule has 1 aliphatic heterocycles. The third-order valence-corrected chi connectivity index (χ3v) is 2.49. The molecule has 0 spiro atoms. The lowest BCUT2D eigenvalue weighted by molar-refractivity contribution is 0.0167. The summed E-state index contributed by atoms with van der Waals surface area (Å²) >= 11 is 0. The average molecular weight is 155 g/mol. The average Bonchev–Trinajstić information content (AvgIpc) is 2.86. The van der Waals surface area contributed by atoms with E-state index in [2.05, 4.69) is 5.32 Å². The minimum Gasteiger partial charge on any atom is -0.377 e. The predicted octanol–water partition coefficient (Wildman–Crippen LogP) is 1.31. The van der Waals surface area contributed by atoms with E-state index in [1.807, 2.05) is 0 Å². The van der Waals surface area contributed by atoms with Crippen molar-refractivity contribution in [2.24, 2.45) is 0 Å². The van der Waals surface area contributed by atoms with Crippen LogP contribution in [0.25, 0.3) is 0 Å². The van der Waals surface area contributed by atoms with E-state index >= 15 is 0 Å². The Kier molecular flexibility index (Phi) is 2.44. The van der Waals surface area contributed by atoms with E-state index in [1.165, 1.54) is 32.1 Å². The number of nitrogens with one attached hydrogen (secondary N) is 1. The minimum atomic E-state index is 0.518. The van der Waals surface area contributed by atoms with Gasteiger partial charge in [0.25, 0.3) is 0 Å². The molecule has 0 radical (unpaired) electrons. The highest BCUT2D eigenvalue weighted by atomic mass is 16.5. The largest absolute Gasteiger partial charge is 0.377 e. The molecule has 2 nitrogen and oxygen atoms in total. The zero-order valence-electron chi connectivity index (χ0n) is 7.01. The van der Waals surface area contributed by atoms with E-state index in [-0.39, 0.29) is 0 Å². The van der Waals surface area contributed by atoms with Gasteiger partial charge in [-0.15, -0.1) is 0 Å². The molecule has 1 N–H and O–H groups in total. The fraction of sp³-hybridized carbons (Fsp3) is 1.00. The molecule has 1 saturated carbocycles. The lowest BCUT2D eigenvalue weighted by Crippen LogP contribution is -2.32. The molecular weight excluding hydrogens is 138 g/mol. The second-order valence-electron chi connectivity index (χ2n) is 3.67. The van der Waals surface area contributed by atoms with Gasteiger partial charge in [0.15, 0.2) is 0 Å². The fourth-order valence-corrected chi connectivity index (χ4v) is 1.55. The van der Waals surface area contributed by atoms with Crippen LogP contribution in [0, 0.1) is 0 Å². The molecule has 11 heavy (non-hydrogen) atoms. The lowest BCUT2D eigenvalue weighted by atomic mass is 10.1. The summed E-state index contributed by atoms with van der Waals surface area (Å²) < 4.78 is 5.59. The first-order chi connectivity index (χ1) is 5.45. The molecule has 0 amide bonds. The van der Waals surface area contributed by atoms with Crippen LogP contribution in [0.2, 0.25) is 0 Å². The van der Waals surface area contributed by atoms with Crippen molar-refractivity contribution in [2.45, 2.75) is 44.2 Å². The first-order valence-corrected chi connectivity index (χ1v) is 4.80. The van der Waals surface area contributed by atoms with Crippen molar-refractivity contribution in [1.29, 1.82) is 0 Å². The van der Waals surface area contributed by atoms with E-state index < -0.39 is 0 Å². The van der Waals surface area contributed by atoms with Crippen molar-refractivity contribution >= 4 is 0 Å². The van der Waals surface area contributed by atoms with E-state index in [0.29, 0.717) is 6.10 Å². The molecule has 2 fully saturated rings. The van der Waals surface area contributed by atoms with Gasteiger partial charge in [-0.05, 0) is 32.1 Å². The third-order valence-electron chi connectivity index (χ3n) is 2.49. The van der Waals surface area contributed by atoms with Gasteiger partial charge in [-0.25, -0.2) is 0 Å². The smallest absolute Gasteiger partial charge is 0.0699 e. The first kappa shape index (κ1) is 7.56. The molecule has 2 rings (SSSR count). The van der Waals surface area contributed by atoms with Gasteiger partial charge in [0.2, 0.25) is 0 Å². The molecule has 0 bridgehead atoms. The van der Waals surface area contributed by atoms with E-state index in [1.54, 1.807) is 0 Å². The normalized spacial score (nSPS) is 32.2. The van der Waals surface area contributed by atoms with Crippen LogP contribution in [-0.2, 0) is 4.74 Å². The Hall–Kier alpha value is -0.0800. The SMILES string of the molecule is C1CCC(CNC2CC2)OC1. The van der Waals surface area contributed by atoms with Crippen LogP contribution in [0.15, 0.2) is 0 Å². The van der Waals surface area contributed by atoms with E-state index in [0.717, 1.165) is 19.2 Å². The molecule has 1 aliphatic carbocycles. The monoisotopic (exact) mass is 155 g/mol. The Morgan fingerprint density at radius 2 is 2.09 bits per heavy atom. The summed E-state index contributed by atoms with van der Waals surface area (Å²) in [4.78, 5) is 0. The maximum atomic E-state index is 5.59. The van der Waals surface area contributed by atoms with Gasteiger partial charge in [-0.2, -0.15) is 0 Å². The fourth-order valence-electron chi connectivity index (χ4n) is 1.55. The summed E-state index contributed by atoms with van der Waals surface area (Å²) in [6.07, 6.45) is 7.17. The van der Waals surface area contributed by atoms with Crippen molar-refractivity contribution in [3.8, 4) is 0 Å². The summed E-state index contributed by atoms with van der Waals surface area (Å²) in [5, 5.41) is 3.50. The molecule has 64 valence electrons. The Bertz CT molecular complexity index is 117. The Labute approximate surface area is 68.3 Å². The zero-order chi connectivity index (χ0) is 7.52. The lowest BCUT2D eigenvalue weighted by Gasteiger charge is -2.22. The summed E-state index contributed by atoms with van der Waals surface area (Å²) in [5.41, 5.74) is 0. The second kappa shape index (κ2) is 3.55. The van der Waals surface area contributed by atoms with Gasteiger partial charge in [-0.3, -0.25) is 0 Å². The molecule has 2 heteroatoms. The van der Waals surface area contributed by atoms with Gasteiger partial charge in [0.1, 0.15) is 0 Å². The number of rotatable bonds is 3. The quantitative estimate of drug-likeness (QED) is 0.663. The summed E-state index contributed by atoms with van der Waals surface area (Å²) in [5.74, 6) is 0. The van der Waals surface area contributed by atoms with Crippen molar-refractivity contribution in [2.75, 3.05) is 13.2 Å². The maximum Gasteiger partial charge on any atom is 0.0699 e. The topological polar surface area (TPSA) is 21.3 Å². The first-order valence-electron chi connectivity index (χ1n) is 4.80. The number of hydrogen-bond donors (Lipinski definition) is 1. The Morgan fingerprint density at radius 1 is 1.18 bits per heavy atom. The van der Waals surface area contributed by atoms with Crippen molar-refractivity contribution in [1.82, 2.24) is 5.32 Å². The van der Waals surface area contributed by atoms with Crippen molar-refractivity contribution in [3.05, 3.63) is 0 Å². The van der Waals surface area contributed by atoms with E-state index in [9.17, 15) is 0 Å². The number of ether oxygens (including phenoxy) is 1. The third kappa shape index (κ3) is 2.46. The molecule has 1 heterocycles. The van der Waals surface area contributed by atoms with Crippen LogP contribution < -0.4 is 5.32 Å². The van der Waals surface area contributed by atoms with Crippen LogP contribution in [0.1, 0.15) is 32.1 Å². The molecule has 1 saturated heterocycles. The number of hydrogen-bond acceptors (Lipinski definition) is 2. The predicted molar refractivity (Wildman–Crippen MR) is 44.6 cm³/mol. The van der Waals surface area contributed by atoms with Gasteiger partial charge < -0.3 is 10.1 Å². The minimum absolute atomic E-state index is 0.518. The zero-order valence-corrected chi connectivity index (χ0v) is 7.01. The Morgan fingerprint density at radius 3 is 2.73 bits per heavy atom. The second-order valence-corrected chi connectivity index (χ2v) is 3.67. The van der Waals surface area contributed by atoms with Crippen LogP contribution >= 0.6 is 0 Å². The highest BCUT2D eigenvalue weighted by molar-refractivity contribution is 4.82. The highest BCUT2D eigenvalue weighted by Crippen LogP contribution is 2.19. The molecule has 1 atom stereocenters. The van der Waals surface area contributed by atoms with Gasteiger partial charge in [-0.1, -0.05) is 0 Å². The van der Waals surface area contributed by atoms with E-state index in [4.69, 9.17) is 4.74 Å². The van der Waals surface area contributed by atoms with Crippen LogP contribution in [-0.4, -0.2) is 25.3 Å². The summed E-state index contributed by atoms with van der Waals surface area (Å²) in [6, 6.07) is 0.834. The molecule has 0 aromatic rings. The van der Waals surface area contributed by atoms with Gasteiger partial charge in [0.05, 0.1) is 6.10 Å². The standard InChI is InChI=1S/C9H17NO/c1-2-6-11-9(3-1)7-10-8-4-5-8/h8-10H,1-7H2. The Balaban J connectivity index is 1.59. The summed E-state index contributed by atoms with van der Waals surface area (Å²) in [7, 11) is 0. The van der Waals surface area contributed by atoms with Gasteiger partial charge >= 0.3 is 0 Å². The summed E-state index contributed by atoms with van der Waals surface area (Å²) in [6.45, 7) is 2.07. The molecular formula is C9H17NO. The van der Waals surface area contributed by atoms with Crippen molar-refractivity contribution < 1.29 is 4.74 Å².